The lowest BCUT2D eigenvalue weighted by atomic mass is 9.93. The van der Waals surface area contributed by atoms with Crippen molar-refractivity contribution in [1.29, 1.82) is 0 Å². The molecule has 0 spiro atoms. The summed E-state index contributed by atoms with van der Waals surface area (Å²) in [6.45, 7) is 5.98. The number of benzene rings is 1. The number of rotatable bonds is 9. The van der Waals surface area contributed by atoms with E-state index in [0.717, 1.165) is 24.2 Å². The van der Waals surface area contributed by atoms with E-state index in [2.05, 4.69) is 0 Å². The number of hydrogen-bond acceptors (Lipinski definition) is 5. The number of carbonyl (C=O) groups excluding carboxylic acids is 2. The van der Waals surface area contributed by atoms with Crippen LogP contribution in [0.25, 0.3) is 0 Å². The molecule has 1 aliphatic rings. The van der Waals surface area contributed by atoms with Crippen molar-refractivity contribution in [3.63, 3.8) is 0 Å². The molecule has 3 atom stereocenters. The van der Waals surface area contributed by atoms with E-state index in [4.69, 9.17) is 9.47 Å². The van der Waals surface area contributed by atoms with Crippen LogP contribution in [0.1, 0.15) is 32.3 Å². The highest BCUT2D eigenvalue weighted by Gasteiger charge is 2.32. The smallest absolute Gasteiger partial charge is 0.228 e. The fourth-order valence-corrected chi connectivity index (χ4v) is 3.23. The second-order valence-electron chi connectivity index (χ2n) is 6.67. The van der Waals surface area contributed by atoms with Gasteiger partial charge in [0, 0.05) is 13.1 Å². The van der Waals surface area contributed by atoms with E-state index in [0.29, 0.717) is 39.0 Å². The fourth-order valence-electron chi connectivity index (χ4n) is 3.23. The molecule has 1 fully saturated rings. The normalized spacial score (nSPS) is 19.7. The van der Waals surface area contributed by atoms with Gasteiger partial charge in [-0.05, 0) is 50.8 Å². The molecule has 1 heterocycles. The molecule has 1 N–H and O–H groups in total. The lowest BCUT2D eigenvalue weighted by Crippen LogP contribution is -2.49. The zero-order valence-electron chi connectivity index (χ0n) is 15.6. The van der Waals surface area contributed by atoms with E-state index in [1.807, 2.05) is 38.1 Å². The van der Waals surface area contributed by atoms with Gasteiger partial charge in [-0.25, -0.2) is 0 Å². The second-order valence-corrected chi connectivity index (χ2v) is 6.67. The fraction of sp³-hybridized carbons (Fsp3) is 0.600. The summed E-state index contributed by atoms with van der Waals surface area (Å²) in [5.41, 5.74) is 1.14. The molecule has 0 bridgehead atoms. The van der Waals surface area contributed by atoms with Crippen LogP contribution in [0.2, 0.25) is 0 Å². The largest absolute Gasteiger partial charge is 0.494 e. The minimum Gasteiger partial charge on any atom is -0.494 e. The molecule has 1 saturated heterocycles. The third-order valence-electron chi connectivity index (χ3n) is 4.64. The highest BCUT2D eigenvalue weighted by molar-refractivity contribution is 5.82. The van der Waals surface area contributed by atoms with Crippen molar-refractivity contribution in [2.75, 3.05) is 26.3 Å². The third kappa shape index (κ3) is 5.81. The van der Waals surface area contributed by atoms with Crippen LogP contribution in [0.4, 0.5) is 0 Å². The number of morpholine rings is 1. The van der Waals surface area contributed by atoms with Gasteiger partial charge < -0.3 is 24.3 Å². The van der Waals surface area contributed by atoms with Gasteiger partial charge in [0.05, 0.1) is 25.2 Å². The van der Waals surface area contributed by atoms with E-state index in [9.17, 15) is 14.7 Å². The van der Waals surface area contributed by atoms with E-state index in [1.54, 1.807) is 4.90 Å². The Balaban J connectivity index is 1.90. The summed E-state index contributed by atoms with van der Waals surface area (Å²) in [7, 11) is 0. The Bertz CT molecular complexity index is 574. The summed E-state index contributed by atoms with van der Waals surface area (Å²) in [6.07, 6.45) is 1.14. The van der Waals surface area contributed by atoms with Crippen LogP contribution in [-0.4, -0.2) is 60.7 Å². The predicted molar refractivity (Wildman–Crippen MR) is 98.1 cm³/mol. The molecular formula is C20H29NO5. The number of amides is 1. The molecule has 144 valence electrons. The zero-order chi connectivity index (χ0) is 18.9. The Morgan fingerprint density at radius 1 is 1.42 bits per heavy atom. The molecule has 26 heavy (non-hydrogen) atoms. The Labute approximate surface area is 155 Å². The molecule has 1 amide bonds. The van der Waals surface area contributed by atoms with Gasteiger partial charge in [0.2, 0.25) is 5.91 Å². The summed E-state index contributed by atoms with van der Waals surface area (Å²) in [4.78, 5) is 25.5. The summed E-state index contributed by atoms with van der Waals surface area (Å²) in [5, 5.41) is 10.0. The van der Waals surface area contributed by atoms with Gasteiger partial charge in [0.25, 0.3) is 0 Å². The van der Waals surface area contributed by atoms with E-state index >= 15 is 0 Å². The summed E-state index contributed by atoms with van der Waals surface area (Å²) < 4.78 is 10.9. The van der Waals surface area contributed by atoms with Crippen LogP contribution in [0, 0.1) is 5.92 Å². The topological polar surface area (TPSA) is 76.1 Å². The number of aliphatic hydroxyl groups excluding tert-OH is 1. The maximum Gasteiger partial charge on any atom is 0.228 e. The predicted octanol–water partition coefficient (Wildman–Crippen LogP) is 1.83. The monoisotopic (exact) mass is 363 g/mol. The molecule has 1 aliphatic heterocycles. The maximum atomic E-state index is 12.7. The van der Waals surface area contributed by atoms with Crippen molar-refractivity contribution >= 4 is 12.2 Å². The van der Waals surface area contributed by atoms with Gasteiger partial charge in [0.15, 0.2) is 0 Å². The number of aldehydes is 1. The summed E-state index contributed by atoms with van der Waals surface area (Å²) in [5.74, 6) is -0.0194. The molecule has 2 rings (SSSR count). The van der Waals surface area contributed by atoms with Gasteiger partial charge in [-0.15, -0.1) is 0 Å². The molecule has 0 radical (unpaired) electrons. The van der Waals surface area contributed by atoms with Crippen LogP contribution in [0.5, 0.6) is 5.75 Å². The quantitative estimate of drug-likeness (QED) is 0.678. The Morgan fingerprint density at radius 2 is 2.15 bits per heavy atom. The zero-order valence-corrected chi connectivity index (χ0v) is 15.6. The molecule has 1 aromatic rings. The first kappa shape index (κ1) is 20.4. The molecule has 1 aromatic carbocycles. The highest BCUT2D eigenvalue weighted by Crippen LogP contribution is 2.20. The maximum absolute atomic E-state index is 12.7. The summed E-state index contributed by atoms with van der Waals surface area (Å²) >= 11 is 0. The van der Waals surface area contributed by atoms with Gasteiger partial charge in [-0.3, -0.25) is 4.79 Å². The Hall–Kier alpha value is -1.92. The summed E-state index contributed by atoms with van der Waals surface area (Å²) in [6, 6.07) is 7.86. The number of nitrogens with zero attached hydrogens (tertiary/aromatic N) is 1. The first-order chi connectivity index (χ1) is 12.5. The molecule has 6 nitrogen and oxygen atoms in total. The first-order valence-electron chi connectivity index (χ1n) is 9.30. The number of aryl methyl sites for hydroxylation is 1. The van der Waals surface area contributed by atoms with E-state index in [-0.39, 0.29) is 12.0 Å². The first-order valence-corrected chi connectivity index (χ1v) is 9.30. The average molecular weight is 363 g/mol. The van der Waals surface area contributed by atoms with Crippen molar-refractivity contribution in [1.82, 2.24) is 4.90 Å². The molecule has 0 saturated carbocycles. The van der Waals surface area contributed by atoms with E-state index in [1.165, 1.54) is 0 Å². The molecule has 0 aliphatic carbocycles. The SMILES string of the molecule is CCOc1ccc(CCC[C@@H](C(=O)N2CCOC(C)C2)[C@H](O)C=O)cc1. The minimum atomic E-state index is -1.26. The molecule has 0 aromatic heterocycles. The number of ether oxygens (including phenoxy) is 2. The minimum absolute atomic E-state index is 0.0226. The van der Waals surface area contributed by atoms with Gasteiger partial charge in [-0.2, -0.15) is 0 Å². The van der Waals surface area contributed by atoms with Gasteiger partial charge in [0.1, 0.15) is 18.1 Å². The van der Waals surface area contributed by atoms with Gasteiger partial charge in [-0.1, -0.05) is 12.1 Å². The number of hydrogen-bond donors (Lipinski definition) is 1. The average Bonchev–Trinajstić information content (AvgIpc) is 2.66. The Kier molecular flexibility index (Phi) is 8.06. The second kappa shape index (κ2) is 10.3. The van der Waals surface area contributed by atoms with Crippen LogP contribution in [0.15, 0.2) is 24.3 Å². The van der Waals surface area contributed by atoms with Crippen molar-refractivity contribution < 1.29 is 24.2 Å². The standard InChI is InChI=1S/C20H29NO5/c1-3-25-17-9-7-16(8-10-17)5-4-6-18(19(23)14-22)20(24)21-11-12-26-15(2)13-21/h7-10,14-15,18-19,23H,3-6,11-13H2,1-2H3/t15?,18-,19-/m1/s1. The van der Waals surface area contributed by atoms with Crippen LogP contribution in [0.3, 0.4) is 0 Å². The Morgan fingerprint density at radius 3 is 2.77 bits per heavy atom. The highest BCUT2D eigenvalue weighted by atomic mass is 16.5. The number of carbonyl (C=O) groups is 2. The third-order valence-corrected chi connectivity index (χ3v) is 4.64. The van der Waals surface area contributed by atoms with Crippen LogP contribution >= 0.6 is 0 Å². The van der Waals surface area contributed by atoms with Crippen molar-refractivity contribution in [3.05, 3.63) is 29.8 Å². The van der Waals surface area contributed by atoms with Crippen molar-refractivity contribution in [3.8, 4) is 5.75 Å². The number of aliphatic hydroxyl groups is 1. The van der Waals surface area contributed by atoms with Crippen molar-refractivity contribution in [2.24, 2.45) is 5.92 Å². The molecule has 6 heteroatoms. The lowest BCUT2D eigenvalue weighted by molar-refractivity contribution is -0.148. The van der Waals surface area contributed by atoms with Crippen molar-refractivity contribution in [2.45, 2.75) is 45.3 Å². The van der Waals surface area contributed by atoms with E-state index < -0.39 is 12.0 Å². The van der Waals surface area contributed by atoms with Crippen LogP contribution < -0.4 is 4.74 Å². The van der Waals surface area contributed by atoms with Gasteiger partial charge >= 0.3 is 0 Å². The molecular weight excluding hydrogens is 334 g/mol. The lowest BCUT2D eigenvalue weighted by Gasteiger charge is -2.34. The van der Waals surface area contributed by atoms with Crippen LogP contribution in [-0.2, 0) is 20.7 Å². The molecule has 1 unspecified atom stereocenters.